The van der Waals surface area contributed by atoms with E-state index in [0.717, 1.165) is 25.2 Å². The molecule has 0 amide bonds. The fourth-order valence-corrected chi connectivity index (χ4v) is 3.95. The molecule has 3 heteroatoms. The van der Waals surface area contributed by atoms with Gasteiger partial charge in [0.05, 0.1) is 12.7 Å². The van der Waals surface area contributed by atoms with Gasteiger partial charge < -0.3 is 10.1 Å². The van der Waals surface area contributed by atoms with Crippen LogP contribution >= 0.6 is 0 Å². The van der Waals surface area contributed by atoms with Crippen LogP contribution in [0.4, 0.5) is 0 Å². The number of piperidine rings is 1. The van der Waals surface area contributed by atoms with Gasteiger partial charge in [0.15, 0.2) is 0 Å². The minimum absolute atomic E-state index is 0.548. The third-order valence-corrected chi connectivity index (χ3v) is 5.02. The summed E-state index contributed by atoms with van der Waals surface area (Å²) in [6.45, 7) is 4.63. The predicted molar refractivity (Wildman–Crippen MR) is 73.8 cm³/mol. The molecule has 3 fully saturated rings. The van der Waals surface area contributed by atoms with Crippen molar-refractivity contribution in [3.8, 4) is 0 Å². The monoisotopic (exact) mass is 252 g/mol. The predicted octanol–water partition coefficient (Wildman–Crippen LogP) is 2.16. The topological polar surface area (TPSA) is 24.5 Å². The summed E-state index contributed by atoms with van der Waals surface area (Å²) >= 11 is 0. The molecular formula is C15H28N2O. The minimum Gasteiger partial charge on any atom is -0.375 e. The molecule has 1 N–H and O–H groups in total. The molecule has 0 aromatic rings. The zero-order chi connectivity index (χ0) is 12.2. The number of nitrogens with one attached hydrogen (secondary N) is 1. The maximum absolute atomic E-state index is 5.95. The van der Waals surface area contributed by atoms with E-state index in [-0.39, 0.29) is 0 Å². The van der Waals surface area contributed by atoms with Crippen LogP contribution in [0, 0.1) is 0 Å². The molecule has 3 nitrogen and oxygen atoms in total. The van der Waals surface area contributed by atoms with Gasteiger partial charge in [-0.15, -0.1) is 0 Å². The van der Waals surface area contributed by atoms with Crippen LogP contribution in [0.5, 0.6) is 0 Å². The van der Waals surface area contributed by atoms with Crippen LogP contribution in [0.15, 0.2) is 0 Å². The van der Waals surface area contributed by atoms with Crippen LogP contribution in [0.1, 0.15) is 51.4 Å². The number of rotatable bonds is 3. The van der Waals surface area contributed by atoms with Gasteiger partial charge in [0, 0.05) is 25.2 Å². The molecule has 1 saturated carbocycles. The Balaban J connectivity index is 1.48. The zero-order valence-electron chi connectivity index (χ0n) is 11.6. The number of nitrogens with zero attached hydrogens (tertiary/aromatic N) is 1. The van der Waals surface area contributed by atoms with Crippen molar-refractivity contribution < 1.29 is 4.74 Å². The Kier molecular flexibility index (Phi) is 4.55. The van der Waals surface area contributed by atoms with Gasteiger partial charge in [-0.1, -0.05) is 19.3 Å². The molecule has 0 aromatic carbocycles. The van der Waals surface area contributed by atoms with Gasteiger partial charge in [-0.3, -0.25) is 4.90 Å². The first kappa shape index (κ1) is 12.9. The van der Waals surface area contributed by atoms with Gasteiger partial charge in [-0.25, -0.2) is 0 Å². The average Bonchev–Trinajstić information content (AvgIpc) is 2.46. The van der Waals surface area contributed by atoms with Gasteiger partial charge in [-0.05, 0) is 38.6 Å². The van der Waals surface area contributed by atoms with E-state index in [0.29, 0.717) is 6.10 Å². The summed E-state index contributed by atoms with van der Waals surface area (Å²) in [6, 6.07) is 1.51. The number of fused-ring (bicyclic) bond motifs is 1. The summed E-state index contributed by atoms with van der Waals surface area (Å²) < 4.78 is 5.95. The normalized spacial score (nSPS) is 38.3. The molecule has 0 bridgehead atoms. The van der Waals surface area contributed by atoms with Crippen LogP contribution in [-0.4, -0.2) is 49.3 Å². The Morgan fingerprint density at radius 1 is 1.06 bits per heavy atom. The van der Waals surface area contributed by atoms with Gasteiger partial charge >= 0.3 is 0 Å². The second-order valence-electron chi connectivity index (χ2n) is 6.23. The SMILES string of the molecule is C1CCC(CCN2CCOC3CCCCC32)NC1. The first-order chi connectivity index (χ1) is 8.93. The lowest BCUT2D eigenvalue weighted by molar-refractivity contribution is -0.0888. The van der Waals surface area contributed by atoms with Crippen LogP contribution in [0.2, 0.25) is 0 Å². The van der Waals surface area contributed by atoms with Crippen molar-refractivity contribution >= 4 is 0 Å². The molecule has 2 heterocycles. The van der Waals surface area contributed by atoms with Crippen molar-refractivity contribution in [3.63, 3.8) is 0 Å². The number of morpholine rings is 1. The Hall–Kier alpha value is -0.120. The molecule has 0 aromatic heterocycles. The fourth-order valence-electron chi connectivity index (χ4n) is 3.95. The van der Waals surface area contributed by atoms with Crippen molar-refractivity contribution in [1.29, 1.82) is 0 Å². The van der Waals surface area contributed by atoms with Crippen molar-refractivity contribution in [1.82, 2.24) is 10.2 Å². The van der Waals surface area contributed by atoms with E-state index in [4.69, 9.17) is 4.74 Å². The van der Waals surface area contributed by atoms with E-state index in [9.17, 15) is 0 Å². The Bertz CT molecular complexity index is 251. The van der Waals surface area contributed by atoms with Crippen LogP contribution < -0.4 is 5.32 Å². The van der Waals surface area contributed by atoms with E-state index in [1.54, 1.807) is 0 Å². The summed E-state index contributed by atoms with van der Waals surface area (Å²) in [4.78, 5) is 2.73. The highest BCUT2D eigenvalue weighted by Crippen LogP contribution is 2.28. The third-order valence-electron chi connectivity index (χ3n) is 5.02. The standard InChI is InChI=1S/C15H28N2O/c1-2-7-15-14(6-1)17(11-12-18-15)10-8-13-5-3-4-9-16-13/h13-16H,1-12H2. The minimum atomic E-state index is 0.548. The van der Waals surface area contributed by atoms with E-state index in [1.807, 2.05) is 0 Å². The van der Waals surface area contributed by atoms with Crippen LogP contribution in [0.25, 0.3) is 0 Å². The van der Waals surface area contributed by atoms with Crippen molar-refractivity contribution in [2.75, 3.05) is 26.2 Å². The van der Waals surface area contributed by atoms with Gasteiger partial charge in [0.1, 0.15) is 0 Å². The summed E-state index contributed by atoms with van der Waals surface area (Å²) in [6.07, 6.45) is 11.5. The Morgan fingerprint density at radius 3 is 2.83 bits per heavy atom. The fraction of sp³-hybridized carbons (Fsp3) is 1.00. The summed E-state index contributed by atoms with van der Waals surface area (Å²) in [5, 5.41) is 3.67. The summed E-state index contributed by atoms with van der Waals surface area (Å²) in [7, 11) is 0. The van der Waals surface area contributed by atoms with E-state index in [2.05, 4.69) is 10.2 Å². The van der Waals surface area contributed by atoms with Crippen LogP contribution in [-0.2, 0) is 4.74 Å². The molecule has 0 radical (unpaired) electrons. The second kappa shape index (κ2) is 6.36. The molecule has 0 spiro atoms. The Morgan fingerprint density at radius 2 is 1.94 bits per heavy atom. The third kappa shape index (κ3) is 3.06. The molecule has 3 rings (SSSR count). The molecular weight excluding hydrogens is 224 g/mol. The number of hydrogen-bond donors (Lipinski definition) is 1. The maximum atomic E-state index is 5.95. The van der Waals surface area contributed by atoms with E-state index >= 15 is 0 Å². The number of ether oxygens (including phenoxy) is 1. The average molecular weight is 252 g/mol. The van der Waals surface area contributed by atoms with Gasteiger partial charge in [0.25, 0.3) is 0 Å². The van der Waals surface area contributed by atoms with Gasteiger partial charge in [-0.2, -0.15) is 0 Å². The van der Waals surface area contributed by atoms with Crippen molar-refractivity contribution in [2.24, 2.45) is 0 Å². The quantitative estimate of drug-likeness (QED) is 0.833. The van der Waals surface area contributed by atoms with Crippen molar-refractivity contribution in [2.45, 2.75) is 69.6 Å². The number of hydrogen-bond acceptors (Lipinski definition) is 3. The molecule has 3 atom stereocenters. The first-order valence-electron chi connectivity index (χ1n) is 8.02. The highest BCUT2D eigenvalue weighted by atomic mass is 16.5. The Labute approximate surface area is 111 Å². The molecule has 1 aliphatic carbocycles. The summed E-state index contributed by atoms with van der Waals surface area (Å²) in [5.41, 5.74) is 0. The maximum Gasteiger partial charge on any atom is 0.0730 e. The largest absolute Gasteiger partial charge is 0.375 e. The molecule has 18 heavy (non-hydrogen) atoms. The molecule has 3 unspecified atom stereocenters. The summed E-state index contributed by atoms with van der Waals surface area (Å²) in [5.74, 6) is 0. The lowest BCUT2D eigenvalue weighted by Crippen LogP contribution is -2.53. The second-order valence-corrected chi connectivity index (χ2v) is 6.23. The molecule has 104 valence electrons. The highest BCUT2D eigenvalue weighted by Gasteiger charge is 2.34. The lowest BCUT2D eigenvalue weighted by atomic mass is 9.89. The smallest absolute Gasteiger partial charge is 0.0730 e. The molecule has 2 saturated heterocycles. The van der Waals surface area contributed by atoms with Crippen molar-refractivity contribution in [3.05, 3.63) is 0 Å². The zero-order valence-corrected chi connectivity index (χ0v) is 11.6. The van der Waals surface area contributed by atoms with Crippen LogP contribution in [0.3, 0.4) is 0 Å². The lowest BCUT2D eigenvalue weighted by Gasteiger charge is -2.44. The first-order valence-corrected chi connectivity index (χ1v) is 8.02. The van der Waals surface area contributed by atoms with E-state index < -0.39 is 0 Å². The molecule has 3 aliphatic rings. The van der Waals surface area contributed by atoms with Gasteiger partial charge in [0.2, 0.25) is 0 Å². The highest BCUT2D eigenvalue weighted by molar-refractivity contribution is 4.88. The van der Waals surface area contributed by atoms with E-state index in [1.165, 1.54) is 64.5 Å². The molecule has 2 aliphatic heterocycles.